The molecule has 0 aliphatic heterocycles. The number of amides is 1. The summed E-state index contributed by atoms with van der Waals surface area (Å²) < 4.78 is 0. The molecule has 3 N–H and O–H groups in total. The number of nitriles is 2. The maximum absolute atomic E-state index is 11.8. The molecule has 1 aromatic heterocycles. The number of nitrogens with two attached hydrogens (primary N) is 1. The average Bonchev–Trinajstić information content (AvgIpc) is 2.68. The van der Waals surface area contributed by atoms with Gasteiger partial charge in [-0.2, -0.15) is 10.5 Å². The first-order valence-corrected chi connectivity index (χ1v) is 7.69. The lowest BCUT2D eigenvalue weighted by atomic mass is 10.0. The van der Waals surface area contributed by atoms with Crippen LogP contribution in [0.2, 0.25) is 0 Å². The van der Waals surface area contributed by atoms with Gasteiger partial charge in [-0.1, -0.05) is 30.3 Å². The molecule has 0 bridgehead atoms. The Morgan fingerprint density at radius 3 is 2.42 bits per heavy atom. The summed E-state index contributed by atoms with van der Waals surface area (Å²) in [6.45, 7) is 0. The zero-order valence-electron chi connectivity index (χ0n) is 13.6. The number of aromatic nitrogens is 1. The van der Waals surface area contributed by atoms with Crippen molar-refractivity contribution in [3.8, 4) is 23.4 Å². The largest absolute Gasteiger partial charge is 0.366 e. The van der Waals surface area contributed by atoms with Crippen LogP contribution in [0, 0.1) is 22.7 Å². The van der Waals surface area contributed by atoms with Crippen LogP contribution in [0.25, 0.3) is 22.2 Å². The summed E-state index contributed by atoms with van der Waals surface area (Å²) >= 11 is 0. The summed E-state index contributed by atoms with van der Waals surface area (Å²) in [4.78, 5) is 16.4. The number of benzene rings is 2. The molecule has 1 heterocycles. The first kappa shape index (κ1) is 16.7. The van der Waals surface area contributed by atoms with Crippen LogP contribution >= 0.6 is 0 Å². The zero-order chi connectivity index (χ0) is 18.5. The lowest BCUT2D eigenvalue weighted by molar-refractivity contribution is 0.100. The number of pyridine rings is 1. The van der Waals surface area contributed by atoms with Crippen LogP contribution in [0.3, 0.4) is 0 Å². The Balaban J connectivity index is 1.97. The number of carbonyl (C=O) groups is 1. The van der Waals surface area contributed by atoms with E-state index in [0.717, 1.165) is 5.56 Å². The number of anilines is 1. The maximum atomic E-state index is 11.8. The quantitative estimate of drug-likeness (QED) is 0.707. The van der Waals surface area contributed by atoms with Crippen molar-refractivity contribution in [2.75, 3.05) is 5.32 Å². The van der Waals surface area contributed by atoms with Crippen molar-refractivity contribution >= 4 is 22.5 Å². The highest BCUT2D eigenvalue weighted by atomic mass is 16.1. The molecule has 2 aromatic carbocycles. The second-order valence-electron chi connectivity index (χ2n) is 5.44. The van der Waals surface area contributed by atoms with E-state index < -0.39 is 5.91 Å². The maximum Gasteiger partial charge on any atom is 0.249 e. The number of nitrogens with one attached hydrogen (secondary N) is 1. The molecule has 26 heavy (non-hydrogen) atoms. The van der Waals surface area contributed by atoms with Gasteiger partial charge in [-0.05, 0) is 24.3 Å². The van der Waals surface area contributed by atoms with Gasteiger partial charge in [0.05, 0.1) is 16.8 Å². The van der Waals surface area contributed by atoms with Crippen LogP contribution in [0.1, 0.15) is 10.4 Å². The Labute approximate surface area is 149 Å². The number of hydrogen-bond acceptors (Lipinski definition) is 5. The molecule has 6 heteroatoms. The smallest absolute Gasteiger partial charge is 0.249 e. The van der Waals surface area contributed by atoms with Crippen molar-refractivity contribution in [2.45, 2.75) is 0 Å². The third-order valence-electron chi connectivity index (χ3n) is 3.79. The predicted octanol–water partition coefficient (Wildman–Crippen LogP) is 3.34. The topological polar surface area (TPSA) is 116 Å². The molecule has 0 saturated carbocycles. The van der Waals surface area contributed by atoms with E-state index in [9.17, 15) is 4.79 Å². The Kier molecular flexibility index (Phi) is 4.60. The number of carbonyl (C=O) groups excluding carboxylic acids is 1. The molecule has 0 saturated heterocycles. The number of hydrogen-bond donors (Lipinski definition) is 2. The monoisotopic (exact) mass is 339 g/mol. The third kappa shape index (κ3) is 3.35. The molecular weight excluding hydrogens is 326 g/mol. The zero-order valence-corrected chi connectivity index (χ0v) is 13.6. The van der Waals surface area contributed by atoms with Crippen LogP contribution < -0.4 is 11.1 Å². The molecule has 1 amide bonds. The summed E-state index contributed by atoms with van der Waals surface area (Å²) in [5.74, 6) is -0.506. The van der Waals surface area contributed by atoms with E-state index in [2.05, 4.69) is 10.3 Å². The second-order valence-corrected chi connectivity index (χ2v) is 5.44. The first-order chi connectivity index (χ1) is 12.6. The molecule has 0 unspecified atom stereocenters. The molecule has 0 aliphatic rings. The standard InChI is InChI=1S/C20H13N5O/c21-10-13(11-22)12-24-15-7-5-14(6-8-15)19-9-17(20(23)26)16-3-1-2-4-18(16)25-19/h1-9,12,24H,(H2,23,26). The minimum atomic E-state index is -0.506. The molecule has 124 valence electrons. The Morgan fingerprint density at radius 2 is 1.77 bits per heavy atom. The van der Waals surface area contributed by atoms with E-state index in [1.807, 2.05) is 36.4 Å². The third-order valence-corrected chi connectivity index (χ3v) is 3.79. The van der Waals surface area contributed by atoms with Gasteiger partial charge in [0.15, 0.2) is 0 Å². The molecule has 3 rings (SSSR count). The molecule has 6 nitrogen and oxygen atoms in total. The van der Waals surface area contributed by atoms with Gasteiger partial charge in [-0.3, -0.25) is 4.79 Å². The van der Waals surface area contributed by atoms with Gasteiger partial charge in [0.25, 0.3) is 0 Å². The van der Waals surface area contributed by atoms with E-state index in [0.29, 0.717) is 27.8 Å². The molecule has 0 atom stereocenters. The lowest BCUT2D eigenvalue weighted by Crippen LogP contribution is -2.12. The van der Waals surface area contributed by atoms with Crippen molar-refractivity contribution in [2.24, 2.45) is 5.73 Å². The Morgan fingerprint density at radius 1 is 1.08 bits per heavy atom. The molecule has 3 aromatic rings. The number of rotatable bonds is 4. The normalized spacial score (nSPS) is 9.77. The molecule has 0 aliphatic carbocycles. The van der Waals surface area contributed by atoms with Gasteiger partial charge < -0.3 is 11.1 Å². The van der Waals surface area contributed by atoms with Gasteiger partial charge in [-0.15, -0.1) is 0 Å². The van der Waals surface area contributed by atoms with Crippen LogP contribution in [0.5, 0.6) is 0 Å². The van der Waals surface area contributed by atoms with E-state index in [4.69, 9.17) is 16.3 Å². The average molecular weight is 339 g/mol. The Bertz CT molecular complexity index is 1090. The second kappa shape index (κ2) is 7.16. The van der Waals surface area contributed by atoms with Crippen LogP contribution in [0.15, 0.2) is 66.4 Å². The lowest BCUT2D eigenvalue weighted by Gasteiger charge is -2.08. The van der Waals surface area contributed by atoms with Gasteiger partial charge >= 0.3 is 0 Å². The van der Waals surface area contributed by atoms with E-state index in [-0.39, 0.29) is 5.57 Å². The van der Waals surface area contributed by atoms with E-state index >= 15 is 0 Å². The van der Waals surface area contributed by atoms with Crippen molar-refractivity contribution in [1.29, 1.82) is 10.5 Å². The van der Waals surface area contributed by atoms with Crippen molar-refractivity contribution in [3.05, 3.63) is 71.9 Å². The number of fused-ring (bicyclic) bond motifs is 1. The first-order valence-electron chi connectivity index (χ1n) is 7.69. The van der Waals surface area contributed by atoms with Crippen molar-refractivity contribution in [3.63, 3.8) is 0 Å². The van der Waals surface area contributed by atoms with Gasteiger partial charge in [0.1, 0.15) is 17.7 Å². The Hall–Kier alpha value is -4.16. The molecule has 0 fully saturated rings. The highest BCUT2D eigenvalue weighted by Gasteiger charge is 2.11. The van der Waals surface area contributed by atoms with E-state index in [1.54, 1.807) is 30.3 Å². The summed E-state index contributed by atoms with van der Waals surface area (Å²) in [7, 11) is 0. The van der Waals surface area contributed by atoms with Gasteiger partial charge in [-0.25, -0.2) is 4.98 Å². The summed E-state index contributed by atoms with van der Waals surface area (Å²) in [5.41, 5.74) is 8.77. The molecule has 0 radical (unpaired) electrons. The molecular formula is C20H13N5O. The summed E-state index contributed by atoms with van der Waals surface area (Å²) in [5, 5.41) is 21.1. The van der Waals surface area contributed by atoms with Crippen LogP contribution in [-0.2, 0) is 0 Å². The SMILES string of the molecule is N#CC(C#N)=CNc1ccc(-c2cc(C(N)=O)c3ccccc3n2)cc1. The number of nitrogens with zero attached hydrogens (tertiary/aromatic N) is 3. The van der Waals surface area contributed by atoms with Gasteiger partial charge in [0.2, 0.25) is 5.91 Å². The highest BCUT2D eigenvalue weighted by molar-refractivity contribution is 6.06. The minimum absolute atomic E-state index is 0.0172. The van der Waals surface area contributed by atoms with Crippen LogP contribution in [0.4, 0.5) is 5.69 Å². The fraction of sp³-hybridized carbons (Fsp3) is 0. The number of allylic oxidation sites excluding steroid dienone is 1. The fourth-order valence-electron chi connectivity index (χ4n) is 2.51. The van der Waals surface area contributed by atoms with Crippen molar-refractivity contribution in [1.82, 2.24) is 4.98 Å². The predicted molar refractivity (Wildman–Crippen MR) is 98.6 cm³/mol. The van der Waals surface area contributed by atoms with E-state index in [1.165, 1.54) is 6.20 Å². The number of para-hydroxylation sites is 1. The summed E-state index contributed by atoms with van der Waals surface area (Å²) in [6, 6.07) is 19.8. The van der Waals surface area contributed by atoms with Crippen molar-refractivity contribution < 1.29 is 4.79 Å². The highest BCUT2D eigenvalue weighted by Crippen LogP contribution is 2.25. The van der Waals surface area contributed by atoms with Gasteiger partial charge in [0, 0.05) is 22.8 Å². The van der Waals surface area contributed by atoms with Crippen LogP contribution in [-0.4, -0.2) is 10.9 Å². The fourth-order valence-corrected chi connectivity index (χ4v) is 2.51. The summed E-state index contributed by atoms with van der Waals surface area (Å²) in [6.07, 6.45) is 1.34. The minimum Gasteiger partial charge on any atom is -0.366 e. The number of primary amides is 1. The molecule has 0 spiro atoms.